The molecule has 4 rings (SSSR count). The molecule has 1 atom stereocenters. The van der Waals surface area contributed by atoms with Gasteiger partial charge in [0.15, 0.2) is 0 Å². The van der Waals surface area contributed by atoms with Crippen LogP contribution in [0.4, 0.5) is 0 Å². The molecule has 0 aliphatic carbocycles. The van der Waals surface area contributed by atoms with Gasteiger partial charge in [-0.05, 0) is 55.0 Å². The highest BCUT2D eigenvalue weighted by molar-refractivity contribution is 7.10. The first-order valence-electron chi connectivity index (χ1n) is 9.35. The van der Waals surface area contributed by atoms with Gasteiger partial charge >= 0.3 is 0 Å². The third kappa shape index (κ3) is 4.51. The molecule has 6 heteroatoms. The fourth-order valence-corrected chi connectivity index (χ4v) is 4.88. The van der Waals surface area contributed by atoms with Gasteiger partial charge in [0.1, 0.15) is 12.4 Å². The zero-order valence-electron chi connectivity index (χ0n) is 15.7. The number of rotatable bonds is 6. The molecule has 1 unspecified atom stereocenters. The maximum Gasteiger partial charge on any atom is 0.247 e. The smallest absolute Gasteiger partial charge is 0.247 e. The summed E-state index contributed by atoms with van der Waals surface area (Å²) in [6, 6.07) is 12.2. The van der Waals surface area contributed by atoms with E-state index in [0.29, 0.717) is 6.61 Å². The average Bonchev–Trinajstić information content (AvgIpc) is 3.45. The topological polar surface area (TPSA) is 42.4 Å². The SMILES string of the molecule is Cc1nc(COc2cccc(/C=C/C(=O)N3CCCC3c3cccs3)c2)cs1. The number of hydrogen-bond donors (Lipinski definition) is 0. The lowest BCUT2D eigenvalue weighted by atomic mass is 10.1. The van der Waals surface area contributed by atoms with Crippen LogP contribution in [0.25, 0.3) is 6.08 Å². The van der Waals surface area contributed by atoms with E-state index in [-0.39, 0.29) is 11.9 Å². The molecule has 1 fully saturated rings. The van der Waals surface area contributed by atoms with Crippen molar-refractivity contribution in [3.8, 4) is 5.75 Å². The van der Waals surface area contributed by atoms with E-state index in [1.54, 1.807) is 28.7 Å². The van der Waals surface area contributed by atoms with Crippen molar-refractivity contribution in [2.24, 2.45) is 0 Å². The number of ether oxygens (including phenoxy) is 1. The average molecular weight is 411 g/mol. The first kappa shape index (κ1) is 18.9. The molecule has 0 spiro atoms. The highest BCUT2D eigenvalue weighted by Gasteiger charge is 2.29. The Hall–Kier alpha value is -2.44. The summed E-state index contributed by atoms with van der Waals surface area (Å²) >= 11 is 3.35. The predicted molar refractivity (Wildman–Crippen MR) is 115 cm³/mol. The Morgan fingerprint density at radius 1 is 1.32 bits per heavy atom. The summed E-state index contributed by atoms with van der Waals surface area (Å²) in [6.07, 6.45) is 5.64. The van der Waals surface area contributed by atoms with Crippen LogP contribution >= 0.6 is 22.7 Å². The van der Waals surface area contributed by atoms with Crippen LogP contribution in [0.3, 0.4) is 0 Å². The summed E-state index contributed by atoms with van der Waals surface area (Å²) in [5.74, 6) is 0.845. The lowest BCUT2D eigenvalue weighted by molar-refractivity contribution is -0.126. The minimum atomic E-state index is 0.0696. The van der Waals surface area contributed by atoms with Gasteiger partial charge in [0.2, 0.25) is 5.91 Å². The minimum Gasteiger partial charge on any atom is -0.487 e. The molecule has 4 nitrogen and oxygen atoms in total. The molecule has 0 saturated carbocycles. The molecule has 2 aromatic heterocycles. The number of aryl methyl sites for hydroxylation is 1. The zero-order valence-corrected chi connectivity index (χ0v) is 17.3. The zero-order chi connectivity index (χ0) is 19.3. The Morgan fingerprint density at radius 2 is 2.25 bits per heavy atom. The first-order valence-corrected chi connectivity index (χ1v) is 11.1. The second kappa shape index (κ2) is 8.71. The van der Waals surface area contributed by atoms with Crippen LogP contribution in [0.1, 0.15) is 40.0 Å². The number of carbonyl (C=O) groups excluding carboxylic acids is 1. The number of aromatic nitrogens is 1. The van der Waals surface area contributed by atoms with Crippen LogP contribution in [0.15, 0.2) is 53.2 Å². The highest BCUT2D eigenvalue weighted by Crippen LogP contribution is 2.34. The number of thiazole rings is 1. The number of carbonyl (C=O) groups is 1. The van der Waals surface area contributed by atoms with Crippen molar-refractivity contribution in [1.82, 2.24) is 9.88 Å². The predicted octanol–water partition coefficient (Wildman–Crippen LogP) is 5.47. The summed E-state index contributed by atoms with van der Waals surface area (Å²) in [6.45, 7) is 3.26. The summed E-state index contributed by atoms with van der Waals surface area (Å²) < 4.78 is 5.83. The molecule has 28 heavy (non-hydrogen) atoms. The molecule has 3 heterocycles. The van der Waals surface area contributed by atoms with Crippen LogP contribution in [-0.2, 0) is 11.4 Å². The van der Waals surface area contributed by atoms with Crippen molar-refractivity contribution in [3.63, 3.8) is 0 Å². The number of thiophene rings is 1. The molecule has 0 bridgehead atoms. The van der Waals surface area contributed by atoms with Crippen LogP contribution in [0.5, 0.6) is 5.75 Å². The van der Waals surface area contributed by atoms with Gasteiger partial charge in [0.25, 0.3) is 0 Å². The van der Waals surface area contributed by atoms with Gasteiger partial charge in [-0.25, -0.2) is 4.98 Å². The molecule has 144 valence electrons. The van der Waals surface area contributed by atoms with E-state index >= 15 is 0 Å². The Labute approximate surface area is 173 Å². The van der Waals surface area contributed by atoms with E-state index in [2.05, 4.69) is 22.5 Å². The molecule has 1 aliphatic heterocycles. The van der Waals surface area contributed by atoms with Crippen molar-refractivity contribution in [1.29, 1.82) is 0 Å². The maximum atomic E-state index is 12.7. The number of likely N-dealkylation sites (tertiary alicyclic amines) is 1. The van der Waals surface area contributed by atoms with Gasteiger partial charge in [-0.15, -0.1) is 22.7 Å². The van der Waals surface area contributed by atoms with Crippen molar-refractivity contribution >= 4 is 34.7 Å². The molecule has 1 saturated heterocycles. The van der Waals surface area contributed by atoms with Gasteiger partial charge < -0.3 is 9.64 Å². The van der Waals surface area contributed by atoms with Crippen LogP contribution in [-0.4, -0.2) is 22.3 Å². The number of amides is 1. The van der Waals surface area contributed by atoms with Gasteiger partial charge in [0, 0.05) is 22.9 Å². The van der Waals surface area contributed by atoms with Crippen LogP contribution in [0.2, 0.25) is 0 Å². The Bertz CT molecular complexity index is 963. The highest BCUT2D eigenvalue weighted by atomic mass is 32.1. The van der Waals surface area contributed by atoms with E-state index < -0.39 is 0 Å². The summed E-state index contributed by atoms with van der Waals surface area (Å²) in [4.78, 5) is 20.4. The number of hydrogen-bond acceptors (Lipinski definition) is 5. The molecule has 3 aromatic rings. The van der Waals surface area contributed by atoms with Gasteiger partial charge in [-0.3, -0.25) is 4.79 Å². The quantitative estimate of drug-likeness (QED) is 0.506. The van der Waals surface area contributed by atoms with Crippen molar-refractivity contribution in [3.05, 3.63) is 74.4 Å². The summed E-state index contributed by atoms with van der Waals surface area (Å²) in [7, 11) is 0. The first-order chi connectivity index (χ1) is 13.7. The van der Waals surface area contributed by atoms with Crippen molar-refractivity contribution < 1.29 is 9.53 Å². The van der Waals surface area contributed by atoms with E-state index in [1.807, 2.05) is 47.5 Å². The lowest BCUT2D eigenvalue weighted by Crippen LogP contribution is -2.28. The fourth-order valence-electron chi connectivity index (χ4n) is 3.41. The molecule has 0 radical (unpaired) electrons. The molecule has 0 N–H and O–H groups in total. The third-order valence-electron chi connectivity index (χ3n) is 4.74. The largest absolute Gasteiger partial charge is 0.487 e. The van der Waals surface area contributed by atoms with Crippen molar-refractivity contribution in [2.45, 2.75) is 32.4 Å². The molecular weight excluding hydrogens is 388 g/mol. The Kier molecular flexibility index (Phi) is 5.88. The molecular formula is C22H22N2O2S2. The van der Waals surface area contributed by atoms with Crippen LogP contribution < -0.4 is 4.74 Å². The normalized spacial score (nSPS) is 16.8. The monoisotopic (exact) mass is 410 g/mol. The molecule has 1 amide bonds. The van der Waals surface area contributed by atoms with E-state index in [9.17, 15) is 4.79 Å². The third-order valence-corrected chi connectivity index (χ3v) is 6.53. The fraction of sp³-hybridized carbons (Fsp3) is 0.273. The second-order valence-corrected chi connectivity index (χ2v) is 8.80. The summed E-state index contributed by atoms with van der Waals surface area (Å²) in [5, 5.41) is 5.12. The molecule has 1 aliphatic rings. The Balaban J connectivity index is 1.39. The van der Waals surface area contributed by atoms with E-state index in [1.165, 1.54) is 4.88 Å². The van der Waals surface area contributed by atoms with Gasteiger partial charge in [0.05, 0.1) is 16.7 Å². The lowest BCUT2D eigenvalue weighted by Gasteiger charge is -2.22. The van der Waals surface area contributed by atoms with Crippen LogP contribution in [0, 0.1) is 6.92 Å². The number of nitrogens with zero attached hydrogens (tertiary/aromatic N) is 2. The number of benzene rings is 1. The van der Waals surface area contributed by atoms with E-state index in [0.717, 1.165) is 41.4 Å². The van der Waals surface area contributed by atoms with Gasteiger partial charge in [-0.2, -0.15) is 0 Å². The maximum absolute atomic E-state index is 12.7. The standard InChI is InChI=1S/C22H22N2O2S2/c1-16-23-18(15-28-16)14-26-19-6-2-5-17(13-19)9-10-22(25)24-11-3-7-20(24)21-8-4-12-27-21/h2,4-6,8-10,12-13,15,20H,3,7,11,14H2,1H3/b10-9+. The minimum absolute atomic E-state index is 0.0696. The Morgan fingerprint density at radius 3 is 3.04 bits per heavy atom. The van der Waals surface area contributed by atoms with Crippen molar-refractivity contribution in [2.75, 3.05) is 6.54 Å². The summed E-state index contributed by atoms with van der Waals surface area (Å²) in [5.41, 5.74) is 1.89. The molecule has 1 aromatic carbocycles. The second-order valence-electron chi connectivity index (χ2n) is 6.76. The van der Waals surface area contributed by atoms with Gasteiger partial charge in [-0.1, -0.05) is 18.2 Å². The van der Waals surface area contributed by atoms with E-state index in [4.69, 9.17) is 4.74 Å².